The summed E-state index contributed by atoms with van der Waals surface area (Å²) in [7, 11) is 0. The van der Waals surface area contributed by atoms with E-state index in [9.17, 15) is 0 Å². The van der Waals surface area contributed by atoms with Gasteiger partial charge in [0.1, 0.15) is 0 Å². The second-order valence-electron chi connectivity index (χ2n) is 7.85. The Bertz CT molecular complexity index is 165. The van der Waals surface area contributed by atoms with Crippen molar-refractivity contribution >= 4 is 0 Å². The van der Waals surface area contributed by atoms with E-state index >= 15 is 0 Å². The molecule has 132 valence electrons. The summed E-state index contributed by atoms with van der Waals surface area (Å²) in [5.74, 6) is 0. The van der Waals surface area contributed by atoms with Gasteiger partial charge in [-0.25, -0.2) is 0 Å². The molecule has 0 aliphatic rings. The quantitative estimate of drug-likeness (QED) is 0.487. The van der Waals surface area contributed by atoms with E-state index in [0.717, 1.165) is 52.1 Å². The fourth-order valence-corrected chi connectivity index (χ4v) is 1.25. The highest BCUT2D eigenvalue weighted by Crippen LogP contribution is 2.18. The molecule has 0 aromatic rings. The Morgan fingerprint density at radius 1 is 0.571 bits per heavy atom. The van der Waals surface area contributed by atoms with Gasteiger partial charge >= 0.3 is 0 Å². The van der Waals surface area contributed by atoms with Crippen LogP contribution in [0.2, 0.25) is 0 Å². The molecule has 0 saturated heterocycles. The van der Waals surface area contributed by atoms with Crippen molar-refractivity contribution in [3.05, 3.63) is 0 Å². The lowest BCUT2D eigenvalue weighted by molar-refractivity contribution is 0.109. The monoisotopic (exact) mass is 304 g/mol. The molecule has 0 spiro atoms. The van der Waals surface area contributed by atoms with E-state index in [1.807, 2.05) is 0 Å². The molecule has 0 saturated carbocycles. The molecule has 0 aromatic heterocycles. The van der Waals surface area contributed by atoms with Crippen LogP contribution in [0.5, 0.6) is 0 Å². The molecule has 0 aliphatic carbocycles. The third-order valence-corrected chi connectivity index (χ3v) is 2.69. The smallest absolute Gasteiger partial charge is 0.0471 e. The molecule has 0 aliphatic heterocycles. The fraction of sp³-hybridized carbons (Fsp3) is 1.00. The normalized spacial score (nSPS) is 11.4. The van der Waals surface area contributed by atoms with Crippen LogP contribution in [0.15, 0.2) is 0 Å². The molecule has 0 heterocycles. The summed E-state index contributed by atoms with van der Waals surface area (Å²) < 4.78 is 10.7. The summed E-state index contributed by atoms with van der Waals surface area (Å²) in [6.45, 7) is 21.4. The minimum absolute atomic E-state index is 0. The van der Waals surface area contributed by atoms with Crippen molar-refractivity contribution in [2.24, 2.45) is 10.8 Å². The van der Waals surface area contributed by atoms with E-state index in [1.54, 1.807) is 0 Å². The van der Waals surface area contributed by atoms with E-state index in [-0.39, 0.29) is 7.43 Å². The Labute approximate surface area is 136 Å². The average Bonchev–Trinajstić information content (AvgIpc) is 2.29. The fourth-order valence-electron chi connectivity index (χ4n) is 1.25. The van der Waals surface area contributed by atoms with E-state index in [1.165, 1.54) is 0 Å². The summed E-state index contributed by atoms with van der Waals surface area (Å²) in [4.78, 5) is 0. The van der Waals surface area contributed by atoms with Gasteiger partial charge < -0.3 is 9.47 Å². The zero-order valence-corrected chi connectivity index (χ0v) is 15.5. The first-order chi connectivity index (χ1) is 9.12. The molecule has 0 amide bonds. The number of ether oxygens (including phenoxy) is 2. The van der Waals surface area contributed by atoms with Crippen LogP contribution in [0, 0.1) is 10.8 Å². The summed E-state index contributed by atoms with van der Waals surface area (Å²) in [5, 5.41) is 0. The van der Waals surface area contributed by atoms with Crippen molar-refractivity contribution in [3.8, 4) is 0 Å². The summed E-state index contributed by atoms with van der Waals surface area (Å²) in [6.07, 6.45) is 4.58. The lowest BCUT2D eigenvalue weighted by Crippen LogP contribution is -2.09. The van der Waals surface area contributed by atoms with Crippen LogP contribution in [0.1, 0.15) is 88.5 Å². The van der Waals surface area contributed by atoms with Crippen molar-refractivity contribution in [2.75, 3.05) is 26.4 Å². The molecule has 0 aromatic carbocycles. The third kappa shape index (κ3) is 33.0. The maximum Gasteiger partial charge on any atom is 0.0471 e. The first kappa shape index (κ1) is 25.9. The van der Waals surface area contributed by atoms with Crippen LogP contribution in [-0.4, -0.2) is 26.4 Å². The molecule has 2 nitrogen and oxygen atoms in total. The summed E-state index contributed by atoms with van der Waals surface area (Å²) in [5.41, 5.74) is 0.849. The van der Waals surface area contributed by atoms with Crippen LogP contribution in [0.4, 0.5) is 0 Å². The first-order valence-corrected chi connectivity index (χ1v) is 8.28. The summed E-state index contributed by atoms with van der Waals surface area (Å²) >= 11 is 0. The van der Waals surface area contributed by atoms with Crippen LogP contribution < -0.4 is 0 Å². The third-order valence-electron chi connectivity index (χ3n) is 2.69. The SMILES string of the molecule is C.CCCOCCC(C)(C)C.CCCOCCC(C)(C)C. The van der Waals surface area contributed by atoms with Gasteiger partial charge in [-0.3, -0.25) is 0 Å². The van der Waals surface area contributed by atoms with Gasteiger partial charge in [0.25, 0.3) is 0 Å². The minimum atomic E-state index is 0. The van der Waals surface area contributed by atoms with E-state index in [0.29, 0.717) is 10.8 Å². The number of hydrogen-bond donors (Lipinski definition) is 0. The Hall–Kier alpha value is -0.0800. The molecular formula is C19H44O2. The second kappa shape index (κ2) is 14.8. The van der Waals surface area contributed by atoms with E-state index < -0.39 is 0 Å². The van der Waals surface area contributed by atoms with Gasteiger partial charge in [0, 0.05) is 26.4 Å². The lowest BCUT2D eigenvalue weighted by atomic mass is 9.93. The van der Waals surface area contributed by atoms with Gasteiger partial charge in [0.2, 0.25) is 0 Å². The molecule has 0 N–H and O–H groups in total. The predicted octanol–water partition coefficient (Wildman–Crippen LogP) is 6.33. The molecule has 21 heavy (non-hydrogen) atoms. The summed E-state index contributed by atoms with van der Waals surface area (Å²) in [6, 6.07) is 0. The highest BCUT2D eigenvalue weighted by Gasteiger charge is 2.09. The predicted molar refractivity (Wildman–Crippen MR) is 97.1 cm³/mol. The molecular weight excluding hydrogens is 260 g/mol. The lowest BCUT2D eigenvalue weighted by Gasteiger charge is -2.17. The Morgan fingerprint density at radius 2 is 0.857 bits per heavy atom. The molecule has 0 fully saturated rings. The van der Waals surface area contributed by atoms with Gasteiger partial charge in [-0.1, -0.05) is 62.8 Å². The largest absolute Gasteiger partial charge is 0.381 e. The van der Waals surface area contributed by atoms with Crippen LogP contribution in [0.3, 0.4) is 0 Å². The minimum Gasteiger partial charge on any atom is -0.381 e. The maximum atomic E-state index is 5.36. The van der Waals surface area contributed by atoms with E-state index in [2.05, 4.69) is 55.4 Å². The highest BCUT2D eigenvalue weighted by atomic mass is 16.5. The van der Waals surface area contributed by atoms with Gasteiger partial charge in [0.05, 0.1) is 0 Å². The molecule has 0 radical (unpaired) electrons. The van der Waals surface area contributed by atoms with Crippen molar-refractivity contribution in [3.63, 3.8) is 0 Å². The maximum absolute atomic E-state index is 5.36. The van der Waals surface area contributed by atoms with Crippen LogP contribution in [0.25, 0.3) is 0 Å². The Balaban J connectivity index is -0.000000295. The van der Waals surface area contributed by atoms with Crippen molar-refractivity contribution < 1.29 is 9.47 Å². The molecule has 0 atom stereocenters. The van der Waals surface area contributed by atoms with Crippen molar-refractivity contribution in [1.29, 1.82) is 0 Å². The molecule has 0 bridgehead atoms. The highest BCUT2D eigenvalue weighted by molar-refractivity contribution is 4.60. The van der Waals surface area contributed by atoms with Gasteiger partial charge in [-0.2, -0.15) is 0 Å². The molecule has 2 heteroatoms. The first-order valence-electron chi connectivity index (χ1n) is 8.28. The number of rotatable bonds is 8. The Morgan fingerprint density at radius 3 is 1.05 bits per heavy atom. The van der Waals surface area contributed by atoms with Gasteiger partial charge in [0.15, 0.2) is 0 Å². The van der Waals surface area contributed by atoms with Gasteiger partial charge in [-0.15, -0.1) is 0 Å². The average molecular weight is 305 g/mol. The topological polar surface area (TPSA) is 18.5 Å². The standard InChI is InChI=1S/2C9H20O.CH4/c2*1-5-7-10-8-6-9(2,3)4;/h2*5-8H2,1-4H3;1H4. The van der Waals surface area contributed by atoms with E-state index in [4.69, 9.17) is 9.47 Å². The second-order valence-corrected chi connectivity index (χ2v) is 7.85. The zero-order valence-electron chi connectivity index (χ0n) is 15.5. The van der Waals surface area contributed by atoms with Crippen LogP contribution >= 0.6 is 0 Å². The van der Waals surface area contributed by atoms with Crippen molar-refractivity contribution in [1.82, 2.24) is 0 Å². The van der Waals surface area contributed by atoms with Crippen molar-refractivity contribution in [2.45, 2.75) is 88.5 Å². The van der Waals surface area contributed by atoms with Gasteiger partial charge in [-0.05, 0) is 36.5 Å². The molecule has 0 unspecified atom stereocenters. The zero-order chi connectivity index (χ0) is 16.1. The Kier molecular flexibility index (Phi) is 18.3. The molecule has 0 rings (SSSR count). The number of hydrogen-bond acceptors (Lipinski definition) is 2. The van der Waals surface area contributed by atoms with Crippen LogP contribution in [-0.2, 0) is 9.47 Å².